The van der Waals surface area contributed by atoms with Gasteiger partial charge in [0.25, 0.3) is 0 Å². The van der Waals surface area contributed by atoms with Crippen molar-refractivity contribution in [2.24, 2.45) is 0 Å². The lowest BCUT2D eigenvalue weighted by Crippen LogP contribution is -2.27. The van der Waals surface area contributed by atoms with E-state index in [1.54, 1.807) is 0 Å². The second-order valence-corrected chi connectivity index (χ2v) is 8.90. The minimum atomic E-state index is -0.675. The van der Waals surface area contributed by atoms with Gasteiger partial charge < -0.3 is 10.0 Å². The monoisotopic (exact) mass is 463 g/mol. The van der Waals surface area contributed by atoms with Gasteiger partial charge in [0.1, 0.15) is 0 Å². The van der Waals surface area contributed by atoms with Crippen LogP contribution in [-0.2, 0) is 4.79 Å². The zero-order valence-corrected chi connectivity index (χ0v) is 22.7. The number of carboxylic acid groups (broad SMARTS) is 1. The number of hydrogen-bond acceptors (Lipinski definition) is 2. The van der Waals surface area contributed by atoms with E-state index in [9.17, 15) is 4.79 Å². The van der Waals surface area contributed by atoms with Crippen molar-refractivity contribution in [2.75, 3.05) is 19.6 Å². The molecule has 0 fully saturated rings. The smallest absolute Gasteiger partial charge is 0.303 e. The summed E-state index contributed by atoms with van der Waals surface area (Å²) in [7, 11) is 0. The van der Waals surface area contributed by atoms with Crippen LogP contribution in [0.1, 0.15) is 130 Å². The van der Waals surface area contributed by atoms with E-state index < -0.39 is 5.97 Å². The van der Waals surface area contributed by atoms with E-state index in [4.69, 9.17) is 5.11 Å². The Labute approximate surface area is 207 Å². The third-order valence-corrected chi connectivity index (χ3v) is 5.53. The fourth-order valence-corrected chi connectivity index (χ4v) is 3.38. The predicted molar refractivity (Wildman–Crippen MR) is 148 cm³/mol. The second kappa shape index (κ2) is 30.6. The normalized spacial score (nSPS) is 11.7. The van der Waals surface area contributed by atoms with Crippen LogP contribution in [0.2, 0.25) is 0 Å². The summed E-state index contributed by atoms with van der Waals surface area (Å²) in [4.78, 5) is 13.0. The number of carbonyl (C=O) groups is 1. The van der Waals surface area contributed by atoms with Crippen molar-refractivity contribution in [3.8, 4) is 0 Å². The Kier molecular flexibility index (Phi) is 31.4. The molecule has 0 aliphatic heterocycles. The number of aliphatic carboxylic acids is 1. The van der Waals surface area contributed by atoms with E-state index in [0.29, 0.717) is 6.42 Å². The first-order valence-electron chi connectivity index (χ1n) is 14.0. The van der Waals surface area contributed by atoms with Crippen LogP contribution < -0.4 is 0 Å². The molecule has 0 atom stereocenters. The van der Waals surface area contributed by atoms with Gasteiger partial charge in [-0.25, -0.2) is 0 Å². The Bertz CT molecular complexity index is 449. The van der Waals surface area contributed by atoms with Crippen LogP contribution in [0.25, 0.3) is 0 Å². The molecular weight excluding hydrogens is 406 g/mol. The molecule has 3 nitrogen and oxygen atoms in total. The summed E-state index contributed by atoms with van der Waals surface area (Å²) in [6.07, 6.45) is 31.5. The molecule has 33 heavy (non-hydrogen) atoms. The Hall–Kier alpha value is -1.35. The van der Waals surface area contributed by atoms with Gasteiger partial charge in [-0.05, 0) is 77.4 Å². The summed E-state index contributed by atoms with van der Waals surface area (Å²) in [5, 5.41) is 8.50. The van der Waals surface area contributed by atoms with Gasteiger partial charge in [0, 0.05) is 6.42 Å². The standard InChI is InChI=1S/C18H30O2.C12H27N/c1-2-3-4-5-6-7-8-9-10-11-12-13-14-15-16-17-18(19)20;1-4-7-10-13(11-8-5-2)12-9-6-3/h3-4,6-7,9-10H,2,5,8,11-17H2,1H3,(H,19,20);4-12H2,1-3H3/b4-3-,7-6-,10-9-;. The summed E-state index contributed by atoms with van der Waals surface area (Å²) in [5.74, 6) is -0.675. The summed E-state index contributed by atoms with van der Waals surface area (Å²) in [6, 6.07) is 0. The quantitative estimate of drug-likeness (QED) is 0.128. The van der Waals surface area contributed by atoms with E-state index in [0.717, 1.165) is 44.9 Å². The second-order valence-electron chi connectivity index (χ2n) is 8.90. The molecule has 0 aromatic carbocycles. The molecule has 194 valence electrons. The molecular formula is C30H57NO2. The molecule has 0 radical (unpaired) electrons. The molecule has 0 saturated carbocycles. The van der Waals surface area contributed by atoms with E-state index in [1.807, 2.05) is 0 Å². The highest BCUT2D eigenvalue weighted by Crippen LogP contribution is 2.08. The van der Waals surface area contributed by atoms with Crippen molar-refractivity contribution < 1.29 is 9.90 Å². The first kappa shape index (κ1) is 33.8. The van der Waals surface area contributed by atoms with Crippen LogP contribution in [-0.4, -0.2) is 35.6 Å². The van der Waals surface area contributed by atoms with Gasteiger partial charge in [-0.2, -0.15) is 0 Å². The van der Waals surface area contributed by atoms with Crippen LogP contribution in [0.3, 0.4) is 0 Å². The molecule has 0 rings (SSSR count). The van der Waals surface area contributed by atoms with E-state index >= 15 is 0 Å². The molecule has 0 spiro atoms. The Morgan fingerprint density at radius 3 is 1.55 bits per heavy atom. The van der Waals surface area contributed by atoms with Gasteiger partial charge in [-0.3, -0.25) is 4.79 Å². The van der Waals surface area contributed by atoms with Crippen molar-refractivity contribution in [3.63, 3.8) is 0 Å². The van der Waals surface area contributed by atoms with Gasteiger partial charge in [-0.1, -0.05) is 103 Å². The molecule has 1 N–H and O–H groups in total. The predicted octanol–water partition coefficient (Wildman–Crippen LogP) is 9.35. The van der Waals surface area contributed by atoms with E-state index in [2.05, 4.69) is 69.1 Å². The van der Waals surface area contributed by atoms with Gasteiger partial charge in [0.2, 0.25) is 0 Å². The lowest BCUT2D eigenvalue weighted by Gasteiger charge is -2.21. The third-order valence-electron chi connectivity index (χ3n) is 5.53. The fraction of sp³-hybridized carbons (Fsp3) is 0.767. The van der Waals surface area contributed by atoms with Crippen LogP contribution in [0.4, 0.5) is 0 Å². The minimum absolute atomic E-state index is 0.319. The van der Waals surface area contributed by atoms with Gasteiger partial charge in [0.05, 0.1) is 0 Å². The molecule has 0 bridgehead atoms. The number of unbranched alkanes of at least 4 members (excludes halogenated alkanes) is 8. The van der Waals surface area contributed by atoms with Crippen LogP contribution in [0, 0.1) is 0 Å². The molecule has 0 heterocycles. The molecule has 0 saturated heterocycles. The van der Waals surface area contributed by atoms with Gasteiger partial charge >= 0.3 is 5.97 Å². The van der Waals surface area contributed by atoms with E-state index in [-0.39, 0.29) is 0 Å². The molecule has 0 amide bonds. The van der Waals surface area contributed by atoms with Crippen molar-refractivity contribution in [2.45, 2.75) is 130 Å². The molecule has 0 aliphatic rings. The maximum atomic E-state index is 10.3. The first-order chi connectivity index (χ1) is 16.1. The average molecular weight is 464 g/mol. The number of hydrogen-bond donors (Lipinski definition) is 1. The summed E-state index contributed by atoms with van der Waals surface area (Å²) in [6.45, 7) is 12.9. The summed E-state index contributed by atoms with van der Waals surface area (Å²) in [5.41, 5.74) is 0. The van der Waals surface area contributed by atoms with Crippen molar-refractivity contribution in [3.05, 3.63) is 36.5 Å². The lowest BCUT2D eigenvalue weighted by molar-refractivity contribution is -0.137. The number of rotatable bonds is 22. The topological polar surface area (TPSA) is 40.5 Å². The summed E-state index contributed by atoms with van der Waals surface area (Å²) < 4.78 is 0. The lowest BCUT2D eigenvalue weighted by atomic mass is 10.1. The van der Waals surface area contributed by atoms with Crippen LogP contribution >= 0.6 is 0 Å². The van der Waals surface area contributed by atoms with Crippen molar-refractivity contribution >= 4 is 5.97 Å². The molecule has 0 aliphatic carbocycles. The number of carboxylic acids is 1. The number of nitrogens with zero attached hydrogens (tertiary/aromatic N) is 1. The molecule has 0 unspecified atom stereocenters. The maximum absolute atomic E-state index is 10.3. The fourth-order valence-electron chi connectivity index (χ4n) is 3.38. The van der Waals surface area contributed by atoms with Crippen LogP contribution in [0.15, 0.2) is 36.5 Å². The van der Waals surface area contributed by atoms with Crippen molar-refractivity contribution in [1.82, 2.24) is 4.90 Å². The highest BCUT2D eigenvalue weighted by Gasteiger charge is 2.01. The molecule has 0 aromatic rings. The van der Waals surface area contributed by atoms with Gasteiger partial charge in [-0.15, -0.1) is 0 Å². The third kappa shape index (κ3) is 32.9. The number of allylic oxidation sites excluding steroid dienone is 6. The SMILES string of the molecule is CC/C=C\C/C=C\C/C=C\CCCCCCCC(=O)O.CCCCN(CCCC)CCCC. The van der Waals surface area contributed by atoms with Crippen molar-refractivity contribution in [1.29, 1.82) is 0 Å². The molecule has 3 heteroatoms. The summed E-state index contributed by atoms with van der Waals surface area (Å²) >= 11 is 0. The largest absolute Gasteiger partial charge is 0.481 e. The van der Waals surface area contributed by atoms with Crippen LogP contribution in [0.5, 0.6) is 0 Å². The Morgan fingerprint density at radius 2 is 1.06 bits per heavy atom. The Morgan fingerprint density at radius 1 is 0.606 bits per heavy atom. The zero-order valence-electron chi connectivity index (χ0n) is 22.7. The minimum Gasteiger partial charge on any atom is -0.481 e. The van der Waals surface area contributed by atoms with Gasteiger partial charge in [0.15, 0.2) is 0 Å². The zero-order chi connectivity index (χ0) is 24.8. The Balaban J connectivity index is 0. The highest BCUT2D eigenvalue weighted by molar-refractivity contribution is 5.66. The average Bonchev–Trinajstić information content (AvgIpc) is 2.81. The highest BCUT2D eigenvalue weighted by atomic mass is 16.4. The maximum Gasteiger partial charge on any atom is 0.303 e. The van der Waals surface area contributed by atoms with E-state index in [1.165, 1.54) is 71.0 Å². The molecule has 0 aromatic heterocycles. The first-order valence-corrected chi connectivity index (χ1v) is 14.0.